The Hall–Kier alpha value is -4.66. The minimum absolute atomic E-state index is 0.108. The van der Waals surface area contributed by atoms with Crippen molar-refractivity contribution in [3.05, 3.63) is 102 Å². The third-order valence-corrected chi connectivity index (χ3v) is 5.73. The summed E-state index contributed by atoms with van der Waals surface area (Å²) in [4.78, 5) is 27.5. The van der Waals surface area contributed by atoms with E-state index < -0.39 is 23.0 Å². The Bertz CT molecular complexity index is 1320. The van der Waals surface area contributed by atoms with Gasteiger partial charge in [0.25, 0.3) is 0 Å². The van der Waals surface area contributed by atoms with E-state index in [2.05, 4.69) is 10.4 Å². The van der Waals surface area contributed by atoms with E-state index in [0.29, 0.717) is 11.3 Å². The molecule has 0 aromatic heterocycles. The fourth-order valence-corrected chi connectivity index (χ4v) is 4.16. The van der Waals surface area contributed by atoms with Gasteiger partial charge in [0.05, 0.1) is 18.4 Å². The third kappa shape index (κ3) is 3.73. The van der Waals surface area contributed by atoms with E-state index in [9.17, 15) is 20.1 Å². The number of para-hydroxylation sites is 1. The van der Waals surface area contributed by atoms with Gasteiger partial charge in [0.2, 0.25) is 17.1 Å². The number of hydrogen-bond donors (Lipinski definition) is 1. The molecule has 0 atom stereocenters. The van der Waals surface area contributed by atoms with Crippen molar-refractivity contribution in [1.82, 2.24) is 5.01 Å². The predicted molar refractivity (Wildman–Crippen MR) is 131 cm³/mol. The normalized spacial score (nSPS) is 13.9. The van der Waals surface area contributed by atoms with Crippen LogP contribution in [0, 0.1) is 28.6 Å². The maximum absolute atomic E-state index is 13.8. The number of ketones is 2. The number of nitrogens with zero attached hydrogens (tertiary/aromatic N) is 4. The molecule has 4 rings (SSSR count). The minimum atomic E-state index is -2.28. The first-order valence-corrected chi connectivity index (χ1v) is 10.7. The maximum atomic E-state index is 13.8. The molecule has 1 aliphatic rings. The summed E-state index contributed by atoms with van der Waals surface area (Å²) in [5, 5.41) is 28.0. The number of nitrogens with one attached hydrogen (secondary N) is 1. The van der Waals surface area contributed by atoms with Gasteiger partial charge >= 0.3 is 0 Å². The first kappa shape index (κ1) is 22.5. The molecule has 1 aliphatic carbocycles. The fraction of sp³-hybridized carbons (Fsp3) is 0.0769. The SMILES string of the molecule is N#CC(C#N)C1(N(/N=C/c2ccccc2)C(=S)Nc2ccccc2)C(=O)c2ccccc2C1=O. The highest BCUT2D eigenvalue weighted by Gasteiger charge is 2.63. The monoisotopic (exact) mass is 463 g/mol. The molecule has 3 aromatic carbocycles. The Morgan fingerprint density at radius 1 is 0.882 bits per heavy atom. The molecular formula is C26H17N5O2S. The van der Waals surface area contributed by atoms with E-state index in [-0.39, 0.29) is 16.2 Å². The highest BCUT2D eigenvalue weighted by molar-refractivity contribution is 7.80. The van der Waals surface area contributed by atoms with Gasteiger partial charge in [0, 0.05) is 16.8 Å². The maximum Gasteiger partial charge on any atom is 0.219 e. The summed E-state index contributed by atoms with van der Waals surface area (Å²) in [5.41, 5.74) is -0.789. The van der Waals surface area contributed by atoms with Gasteiger partial charge in [-0.2, -0.15) is 15.6 Å². The van der Waals surface area contributed by atoms with Crippen LogP contribution in [0.1, 0.15) is 26.3 Å². The molecule has 164 valence electrons. The summed E-state index contributed by atoms with van der Waals surface area (Å²) in [7, 11) is 0. The number of benzene rings is 3. The number of rotatable bonds is 5. The number of hydrazone groups is 1. The van der Waals surface area contributed by atoms with Gasteiger partial charge < -0.3 is 5.32 Å². The van der Waals surface area contributed by atoms with Crippen molar-refractivity contribution >= 4 is 40.8 Å². The lowest BCUT2D eigenvalue weighted by Crippen LogP contribution is -2.62. The highest BCUT2D eigenvalue weighted by Crippen LogP contribution is 2.40. The van der Waals surface area contributed by atoms with E-state index in [1.54, 1.807) is 60.7 Å². The molecule has 0 amide bonds. The Morgan fingerprint density at radius 2 is 1.38 bits per heavy atom. The van der Waals surface area contributed by atoms with Gasteiger partial charge in [-0.1, -0.05) is 72.8 Å². The van der Waals surface area contributed by atoms with Gasteiger partial charge in [-0.15, -0.1) is 0 Å². The minimum Gasteiger partial charge on any atom is -0.331 e. The highest BCUT2D eigenvalue weighted by atomic mass is 32.1. The molecule has 7 nitrogen and oxygen atoms in total. The van der Waals surface area contributed by atoms with Crippen molar-refractivity contribution in [2.45, 2.75) is 5.54 Å². The number of carbonyl (C=O) groups is 2. The van der Waals surface area contributed by atoms with Crippen molar-refractivity contribution < 1.29 is 9.59 Å². The van der Waals surface area contributed by atoms with Crippen molar-refractivity contribution in [2.24, 2.45) is 11.0 Å². The van der Waals surface area contributed by atoms with Crippen LogP contribution in [0.15, 0.2) is 90.0 Å². The Kier molecular flexibility index (Phi) is 6.26. The fourth-order valence-electron chi connectivity index (χ4n) is 3.85. The Labute approximate surface area is 201 Å². The molecule has 8 heteroatoms. The van der Waals surface area contributed by atoms with Gasteiger partial charge in [0.15, 0.2) is 11.0 Å². The Balaban J connectivity index is 1.91. The number of Topliss-reactive ketones (excluding diaryl/α,β-unsaturated/α-hetero) is 2. The topological polar surface area (TPSA) is 109 Å². The van der Waals surface area contributed by atoms with Crippen LogP contribution in [-0.2, 0) is 0 Å². The van der Waals surface area contributed by atoms with Crippen LogP contribution in [0.2, 0.25) is 0 Å². The Morgan fingerprint density at radius 3 is 1.91 bits per heavy atom. The molecule has 0 aliphatic heterocycles. The van der Waals surface area contributed by atoms with E-state index in [1.807, 2.05) is 24.3 Å². The van der Waals surface area contributed by atoms with Crippen molar-refractivity contribution in [1.29, 1.82) is 10.5 Å². The number of carbonyl (C=O) groups excluding carboxylic acids is 2. The van der Waals surface area contributed by atoms with Gasteiger partial charge in [0.1, 0.15) is 0 Å². The number of thiocarbonyl (C=S) groups is 1. The van der Waals surface area contributed by atoms with Gasteiger partial charge in [-0.3, -0.25) is 9.59 Å². The molecule has 0 saturated heterocycles. The van der Waals surface area contributed by atoms with Crippen LogP contribution in [0.25, 0.3) is 0 Å². The van der Waals surface area contributed by atoms with Gasteiger partial charge in [-0.25, -0.2) is 5.01 Å². The molecule has 0 fully saturated rings. The molecule has 1 N–H and O–H groups in total. The lowest BCUT2D eigenvalue weighted by molar-refractivity contribution is 0.0597. The number of hydrogen-bond acceptors (Lipinski definition) is 6. The quantitative estimate of drug-likeness (QED) is 0.261. The average Bonchev–Trinajstić information content (AvgIpc) is 3.09. The van der Waals surface area contributed by atoms with Crippen LogP contribution in [0.3, 0.4) is 0 Å². The third-order valence-electron chi connectivity index (χ3n) is 5.46. The van der Waals surface area contributed by atoms with Crippen LogP contribution in [0.5, 0.6) is 0 Å². The zero-order valence-electron chi connectivity index (χ0n) is 17.8. The zero-order chi connectivity index (χ0) is 24.1. The lowest BCUT2D eigenvalue weighted by atomic mass is 9.80. The smallest absolute Gasteiger partial charge is 0.219 e. The van der Waals surface area contributed by atoms with Crippen LogP contribution < -0.4 is 5.32 Å². The zero-order valence-corrected chi connectivity index (χ0v) is 18.6. The van der Waals surface area contributed by atoms with Gasteiger partial charge in [-0.05, 0) is 29.9 Å². The first-order chi connectivity index (χ1) is 16.5. The molecule has 0 unspecified atom stereocenters. The molecule has 34 heavy (non-hydrogen) atoms. The van der Waals surface area contributed by atoms with E-state index in [4.69, 9.17) is 12.2 Å². The molecule has 3 aromatic rings. The van der Waals surface area contributed by atoms with Crippen molar-refractivity contribution in [3.63, 3.8) is 0 Å². The average molecular weight is 464 g/mol. The van der Waals surface area contributed by atoms with E-state index >= 15 is 0 Å². The number of nitriles is 2. The molecule has 0 radical (unpaired) electrons. The molecular weight excluding hydrogens is 446 g/mol. The first-order valence-electron chi connectivity index (χ1n) is 10.3. The van der Waals surface area contributed by atoms with Crippen LogP contribution in [0.4, 0.5) is 5.69 Å². The number of fused-ring (bicyclic) bond motifs is 1. The summed E-state index contributed by atoms with van der Waals surface area (Å²) < 4.78 is 0. The summed E-state index contributed by atoms with van der Waals surface area (Å²) >= 11 is 5.59. The van der Waals surface area contributed by atoms with Crippen LogP contribution in [-0.4, -0.2) is 33.4 Å². The largest absolute Gasteiger partial charge is 0.331 e. The molecule has 0 saturated carbocycles. The van der Waals surface area contributed by atoms with Crippen LogP contribution >= 0.6 is 12.2 Å². The van der Waals surface area contributed by atoms with Crippen molar-refractivity contribution in [2.75, 3.05) is 5.32 Å². The summed E-state index contributed by atoms with van der Waals surface area (Å²) in [5.74, 6) is -3.09. The second-order valence-corrected chi connectivity index (χ2v) is 7.81. The standard InChI is InChI=1S/C26H17N5O2S/c27-15-19(16-28)26(23(32)21-13-7-8-14-22(21)24(26)33)31(29-17-18-9-3-1-4-10-18)25(34)30-20-11-5-2-6-12-20/h1-14,17,19H,(H,30,34)/b29-17+. The summed E-state index contributed by atoms with van der Waals surface area (Å²) in [6.45, 7) is 0. The summed E-state index contributed by atoms with van der Waals surface area (Å²) in [6.07, 6.45) is 1.43. The van der Waals surface area contributed by atoms with E-state index in [0.717, 1.165) is 5.01 Å². The second-order valence-electron chi connectivity index (χ2n) is 7.42. The molecule has 0 bridgehead atoms. The summed E-state index contributed by atoms with van der Waals surface area (Å²) in [6, 6.07) is 27.8. The van der Waals surface area contributed by atoms with E-state index in [1.165, 1.54) is 18.3 Å². The number of anilines is 1. The molecule has 0 spiro atoms. The lowest BCUT2D eigenvalue weighted by Gasteiger charge is -2.36. The second kappa shape index (κ2) is 9.45. The molecule has 0 heterocycles. The van der Waals surface area contributed by atoms with Crippen molar-refractivity contribution in [3.8, 4) is 12.1 Å². The predicted octanol–water partition coefficient (Wildman–Crippen LogP) is 4.20.